The van der Waals surface area contributed by atoms with Gasteiger partial charge in [-0.1, -0.05) is 60.0 Å². The zero-order chi connectivity index (χ0) is 22.0. The van der Waals surface area contributed by atoms with Gasteiger partial charge in [0.15, 0.2) is 5.82 Å². The van der Waals surface area contributed by atoms with E-state index in [-0.39, 0.29) is 5.82 Å². The number of hydrogen-bond donors (Lipinski definition) is 1. The molecule has 1 saturated carbocycles. The molecule has 0 radical (unpaired) electrons. The third kappa shape index (κ3) is 4.57. The number of nitrogens with zero attached hydrogens (tertiary/aromatic N) is 3. The van der Waals surface area contributed by atoms with Crippen LogP contribution in [-0.4, -0.2) is 26.2 Å². The van der Waals surface area contributed by atoms with E-state index in [4.69, 9.17) is 41.2 Å². The fraction of sp³-hybridized carbons (Fsp3) is 0.261. The average Bonchev–Trinajstić information content (AvgIpc) is 3.20. The molecule has 3 aromatic rings. The Morgan fingerprint density at radius 3 is 2.35 bits per heavy atom. The second kappa shape index (κ2) is 8.92. The molecule has 5 nitrogen and oxygen atoms in total. The van der Waals surface area contributed by atoms with Gasteiger partial charge < -0.3 is 5.32 Å². The molecule has 0 aliphatic heterocycles. The van der Waals surface area contributed by atoms with Crippen LogP contribution in [0.15, 0.2) is 42.5 Å². The van der Waals surface area contributed by atoms with Crippen LogP contribution in [-0.2, 0) is 0 Å². The summed E-state index contributed by atoms with van der Waals surface area (Å²) in [6, 6.07) is 12.1. The summed E-state index contributed by atoms with van der Waals surface area (Å²) in [5.74, 6) is 2.78. The third-order valence-corrected chi connectivity index (χ3v) is 6.19. The van der Waals surface area contributed by atoms with E-state index in [0.29, 0.717) is 32.1 Å². The van der Waals surface area contributed by atoms with Crippen LogP contribution in [0.25, 0.3) is 17.1 Å². The van der Waals surface area contributed by atoms with Crippen molar-refractivity contribution >= 4 is 40.7 Å². The Kier molecular flexibility index (Phi) is 6.24. The Bertz CT molecular complexity index is 1160. The molecule has 1 aliphatic carbocycles. The summed E-state index contributed by atoms with van der Waals surface area (Å²) in [5, 5.41) is 8.94. The van der Waals surface area contributed by atoms with Gasteiger partial charge in [0.05, 0.1) is 10.7 Å². The molecule has 1 aliphatic rings. The zero-order valence-electron chi connectivity index (χ0n) is 16.5. The van der Waals surface area contributed by atoms with Crippen LogP contribution in [0.5, 0.6) is 0 Å². The van der Waals surface area contributed by atoms with Crippen LogP contribution in [0.1, 0.15) is 42.7 Å². The monoisotopic (exact) mass is 472 g/mol. The molecule has 1 N–H and O–H groups in total. The highest BCUT2D eigenvalue weighted by Gasteiger charge is 2.33. The molecule has 0 bridgehead atoms. The fourth-order valence-corrected chi connectivity index (χ4v) is 4.37. The number of hydrogen-bond acceptors (Lipinski definition) is 3. The van der Waals surface area contributed by atoms with E-state index in [1.54, 1.807) is 47.1 Å². The van der Waals surface area contributed by atoms with E-state index < -0.39 is 11.4 Å². The maximum Gasteiger partial charge on any atom is 0.292 e. The van der Waals surface area contributed by atoms with Crippen molar-refractivity contribution in [1.82, 2.24) is 20.1 Å². The minimum absolute atomic E-state index is 0.0103. The molecule has 1 aromatic heterocycles. The van der Waals surface area contributed by atoms with Gasteiger partial charge in [0.25, 0.3) is 5.91 Å². The summed E-state index contributed by atoms with van der Waals surface area (Å²) in [6.45, 7) is 0. The second-order valence-electron chi connectivity index (χ2n) is 7.51. The minimum Gasteiger partial charge on any atom is -0.333 e. The number of benzene rings is 2. The summed E-state index contributed by atoms with van der Waals surface area (Å²) in [5.41, 5.74) is 0.609. The van der Waals surface area contributed by atoms with Crippen molar-refractivity contribution in [3.63, 3.8) is 0 Å². The Morgan fingerprint density at radius 1 is 1.03 bits per heavy atom. The van der Waals surface area contributed by atoms with Crippen LogP contribution in [0, 0.1) is 12.3 Å². The SMILES string of the molecule is C#CC1(NC(=O)c2nc(-c3ccc(Cl)cc3Cl)n(-c3ccc(Cl)cc3)n2)CCCCC1. The quantitative estimate of drug-likeness (QED) is 0.476. The molecule has 0 spiro atoms. The van der Waals surface area contributed by atoms with E-state index in [0.717, 1.165) is 32.1 Å². The molecule has 0 unspecified atom stereocenters. The molecular weight excluding hydrogens is 455 g/mol. The largest absolute Gasteiger partial charge is 0.333 e. The van der Waals surface area contributed by atoms with Crippen LogP contribution < -0.4 is 5.32 Å². The molecule has 1 amide bonds. The molecule has 2 aromatic carbocycles. The zero-order valence-corrected chi connectivity index (χ0v) is 18.8. The highest BCUT2D eigenvalue weighted by Crippen LogP contribution is 2.32. The highest BCUT2D eigenvalue weighted by molar-refractivity contribution is 6.36. The number of nitrogens with one attached hydrogen (secondary N) is 1. The van der Waals surface area contributed by atoms with Crippen molar-refractivity contribution in [1.29, 1.82) is 0 Å². The van der Waals surface area contributed by atoms with Gasteiger partial charge in [0.2, 0.25) is 5.82 Å². The number of carbonyl (C=O) groups excluding carboxylic acids is 1. The van der Waals surface area contributed by atoms with Crippen LogP contribution in [0.4, 0.5) is 0 Å². The van der Waals surface area contributed by atoms with Gasteiger partial charge in [-0.2, -0.15) is 0 Å². The van der Waals surface area contributed by atoms with Crippen molar-refractivity contribution in [2.75, 3.05) is 0 Å². The predicted molar refractivity (Wildman–Crippen MR) is 124 cm³/mol. The Morgan fingerprint density at radius 2 is 1.71 bits per heavy atom. The number of aromatic nitrogens is 3. The van der Waals surface area contributed by atoms with Gasteiger partial charge in [0.1, 0.15) is 5.54 Å². The lowest BCUT2D eigenvalue weighted by molar-refractivity contribution is 0.0893. The second-order valence-corrected chi connectivity index (χ2v) is 8.79. The summed E-state index contributed by atoms with van der Waals surface area (Å²) < 4.78 is 1.56. The van der Waals surface area contributed by atoms with Crippen molar-refractivity contribution in [3.8, 4) is 29.4 Å². The van der Waals surface area contributed by atoms with Crippen molar-refractivity contribution < 1.29 is 4.79 Å². The standard InChI is InChI=1S/C23H19Cl3N4O/c1-2-23(12-4-3-5-13-23)28-22(31)20-27-21(18-11-8-16(25)14-19(18)26)30(29-20)17-9-6-15(24)7-10-17/h1,6-11,14H,3-5,12-13H2,(H,28,31). The number of rotatable bonds is 4. The summed E-state index contributed by atoms with van der Waals surface area (Å²) in [4.78, 5) is 17.6. The molecule has 0 atom stereocenters. The van der Waals surface area contributed by atoms with Crippen LogP contribution >= 0.6 is 34.8 Å². The van der Waals surface area contributed by atoms with Crippen molar-refractivity contribution in [2.45, 2.75) is 37.6 Å². The summed E-state index contributed by atoms with van der Waals surface area (Å²) in [6.07, 6.45) is 10.3. The minimum atomic E-state index is -0.668. The lowest BCUT2D eigenvalue weighted by Gasteiger charge is -2.32. The predicted octanol–water partition coefficient (Wildman–Crippen LogP) is 5.96. The Hall–Kier alpha value is -2.52. The number of carbonyl (C=O) groups is 1. The van der Waals surface area contributed by atoms with Gasteiger partial charge in [-0.25, -0.2) is 9.67 Å². The van der Waals surface area contributed by atoms with Gasteiger partial charge >= 0.3 is 0 Å². The lowest BCUT2D eigenvalue weighted by atomic mass is 9.82. The first-order valence-electron chi connectivity index (χ1n) is 9.89. The van der Waals surface area contributed by atoms with E-state index in [1.165, 1.54) is 0 Å². The smallest absolute Gasteiger partial charge is 0.292 e. The van der Waals surface area contributed by atoms with Gasteiger partial charge in [-0.3, -0.25) is 4.79 Å². The number of halogens is 3. The normalized spacial score (nSPS) is 15.3. The first-order valence-corrected chi connectivity index (χ1v) is 11.0. The molecule has 1 fully saturated rings. The van der Waals surface area contributed by atoms with Gasteiger partial charge in [-0.15, -0.1) is 11.5 Å². The van der Waals surface area contributed by atoms with E-state index in [9.17, 15) is 4.79 Å². The molecular formula is C23H19Cl3N4O. The summed E-state index contributed by atoms with van der Waals surface area (Å²) in [7, 11) is 0. The van der Waals surface area contributed by atoms with Gasteiger partial charge in [0, 0.05) is 15.6 Å². The van der Waals surface area contributed by atoms with E-state index in [1.807, 2.05) is 0 Å². The van der Waals surface area contributed by atoms with Crippen molar-refractivity contribution in [3.05, 3.63) is 63.4 Å². The Labute approximate surface area is 195 Å². The number of amides is 1. The van der Waals surface area contributed by atoms with Gasteiger partial charge in [-0.05, 0) is 55.3 Å². The van der Waals surface area contributed by atoms with Crippen molar-refractivity contribution in [2.24, 2.45) is 0 Å². The van der Waals surface area contributed by atoms with E-state index >= 15 is 0 Å². The highest BCUT2D eigenvalue weighted by atomic mass is 35.5. The van der Waals surface area contributed by atoms with E-state index in [2.05, 4.69) is 21.3 Å². The molecule has 4 rings (SSSR count). The molecule has 8 heteroatoms. The first kappa shape index (κ1) is 21.7. The lowest BCUT2D eigenvalue weighted by Crippen LogP contribution is -2.48. The molecule has 0 saturated heterocycles. The van der Waals surface area contributed by atoms with Crippen LogP contribution in [0.2, 0.25) is 15.1 Å². The molecule has 1 heterocycles. The first-order chi connectivity index (χ1) is 14.9. The Balaban J connectivity index is 1.76. The van der Waals surface area contributed by atoms with Crippen LogP contribution in [0.3, 0.4) is 0 Å². The molecule has 31 heavy (non-hydrogen) atoms. The maximum atomic E-state index is 13.1. The molecule has 158 valence electrons. The topological polar surface area (TPSA) is 59.8 Å². The average molecular weight is 474 g/mol. The fourth-order valence-electron chi connectivity index (χ4n) is 3.75. The third-order valence-electron chi connectivity index (χ3n) is 5.39. The maximum absolute atomic E-state index is 13.1. The number of terminal acetylenes is 1. The summed E-state index contributed by atoms with van der Waals surface area (Å²) >= 11 is 18.5.